The Balaban J connectivity index is 0.00000205. The van der Waals surface area contributed by atoms with E-state index < -0.39 is 0 Å². The largest absolute Gasteiger partial charge is 0.392 e. The minimum absolute atomic E-state index is 0. The molecule has 4 nitrogen and oxygen atoms in total. The summed E-state index contributed by atoms with van der Waals surface area (Å²) in [7, 11) is 0. The first-order chi connectivity index (χ1) is 13.6. The zero-order chi connectivity index (χ0) is 19.5. The molecule has 5 rings (SSSR count). The molecule has 0 saturated heterocycles. The van der Waals surface area contributed by atoms with Gasteiger partial charge in [0.2, 0.25) is 0 Å². The first kappa shape index (κ1) is 20.6. The summed E-state index contributed by atoms with van der Waals surface area (Å²) >= 11 is 5.00. The highest BCUT2D eigenvalue weighted by atomic mass is 79.9. The van der Waals surface area contributed by atoms with Gasteiger partial charge in [0.05, 0.1) is 12.1 Å². The summed E-state index contributed by atoms with van der Waals surface area (Å²) in [5.74, 6) is 0. The lowest BCUT2D eigenvalue weighted by Gasteiger charge is -2.17. The summed E-state index contributed by atoms with van der Waals surface area (Å²) in [6, 6.07) is 12.4. The smallest absolute Gasteiger partial charge is 0.266 e. The van der Waals surface area contributed by atoms with E-state index in [4.69, 9.17) is 5.73 Å². The summed E-state index contributed by atoms with van der Waals surface area (Å²) in [5, 5.41) is 13.9. The molecule has 0 radical (unpaired) electrons. The molecule has 29 heavy (non-hydrogen) atoms. The molecule has 2 aromatic heterocycles. The van der Waals surface area contributed by atoms with Crippen molar-refractivity contribution in [2.75, 3.05) is 6.54 Å². The molecule has 0 amide bonds. The van der Waals surface area contributed by atoms with Gasteiger partial charge in [-0.05, 0) is 68.5 Å². The molecular formula is C22H20BrClN2O2S. The van der Waals surface area contributed by atoms with Crippen molar-refractivity contribution in [1.82, 2.24) is 4.98 Å². The van der Waals surface area contributed by atoms with E-state index in [9.17, 15) is 9.90 Å². The number of rotatable bonds is 4. The van der Waals surface area contributed by atoms with Gasteiger partial charge in [0.1, 0.15) is 4.70 Å². The van der Waals surface area contributed by atoms with Gasteiger partial charge in [-0.3, -0.25) is 4.79 Å². The van der Waals surface area contributed by atoms with Crippen LogP contribution >= 0.6 is 39.7 Å². The number of H-pyrrole nitrogens is 1. The van der Waals surface area contributed by atoms with Crippen molar-refractivity contribution >= 4 is 60.7 Å². The molecule has 1 fully saturated rings. The highest BCUT2D eigenvalue weighted by molar-refractivity contribution is 9.10. The number of aromatic nitrogens is 1. The van der Waals surface area contributed by atoms with Gasteiger partial charge in [-0.15, -0.1) is 23.7 Å². The molecule has 1 saturated carbocycles. The number of thiophene rings is 1. The second kappa shape index (κ2) is 7.52. The van der Waals surface area contributed by atoms with Crippen LogP contribution in [-0.2, 0) is 12.0 Å². The number of hydrogen-bond donors (Lipinski definition) is 3. The molecule has 2 heterocycles. The summed E-state index contributed by atoms with van der Waals surface area (Å²) in [6.07, 6.45) is 2.28. The van der Waals surface area contributed by atoms with Crippen molar-refractivity contribution in [3.8, 4) is 11.1 Å². The maximum Gasteiger partial charge on any atom is 0.266 e. The number of benzene rings is 2. The summed E-state index contributed by atoms with van der Waals surface area (Å²) in [4.78, 5) is 15.5. The Morgan fingerprint density at radius 3 is 2.55 bits per heavy atom. The van der Waals surface area contributed by atoms with Gasteiger partial charge in [0.15, 0.2) is 0 Å². The molecule has 0 aliphatic heterocycles. The minimum Gasteiger partial charge on any atom is -0.392 e. The summed E-state index contributed by atoms with van der Waals surface area (Å²) < 4.78 is 1.48. The maximum atomic E-state index is 12.5. The molecule has 4 aromatic rings. The van der Waals surface area contributed by atoms with Crippen molar-refractivity contribution in [1.29, 1.82) is 0 Å². The van der Waals surface area contributed by atoms with Gasteiger partial charge in [-0.1, -0.05) is 24.3 Å². The van der Waals surface area contributed by atoms with Gasteiger partial charge >= 0.3 is 0 Å². The topological polar surface area (TPSA) is 79.1 Å². The number of fused-ring (bicyclic) bond motifs is 3. The Morgan fingerprint density at radius 1 is 1.21 bits per heavy atom. The number of aliphatic hydroxyl groups excluding tert-OH is 1. The zero-order valence-corrected chi connectivity index (χ0v) is 18.7. The van der Waals surface area contributed by atoms with Crippen LogP contribution in [-0.4, -0.2) is 16.6 Å². The number of pyridine rings is 1. The SMILES string of the molecule is Cl.NCC1(c2ccc(-c3c(CO)cc(Br)c4[nH]c(=O)c5sccc5c34)cc2)CC1. The Morgan fingerprint density at radius 2 is 1.93 bits per heavy atom. The number of nitrogens with one attached hydrogen (secondary N) is 1. The molecule has 0 bridgehead atoms. The molecule has 4 N–H and O–H groups in total. The van der Waals surface area contributed by atoms with Crippen molar-refractivity contribution in [2.45, 2.75) is 24.9 Å². The number of aromatic amines is 1. The van der Waals surface area contributed by atoms with Crippen LogP contribution in [0, 0.1) is 0 Å². The number of hydrogen-bond acceptors (Lipinski definition) is 4. The molecule has 1 aliphatic rings. The van der Waals surface area contributed by atoms with Gasteiger partial charge in [-0.2, -0.15) is 0 Å². The third-order valence-electron chi connectivity index (χ3n) is 5.94. The van der Waals surface area contributed by atoms with Crippen LogP contribution < -0.4 is 11.3 Å². The summed E-state index contributed by atoms with van der Waals surface area (Å²) in [6.45, 7) is 0.593. The average molecular weight is 492 g/mol. The standard InChI is InChI=1S/C22H19BrN2O2S.ClH/c23-16-9-13(10-26)17(12-1-3-14(4-2-12)22(11-24)6-7-22)18-15-5-8-28-20(15)21(27)25-19(16)18;/h1-5,8-9,26H,6-7,10-11,24H2,(H,25,27);1H. The molecule has 1 aliphatic carbocycles. The quantitative estimate of drug-likeness (QED) is 0.373. The molecule has 0 unspecified atom stereocenters. The molecular weight excluding hydrogens is 472 g/mol. The van der Waals surface area contributed by atoms with Crippen LogP contribution in [0.5, 0.6) is 0 Å². The van der Waals surface area contributed by atoms with Crippen molar-refractivity contribution in [3.63, 3.8) is 0 Å². The number of nitrogens with two attached hydrogens (primary N) is 1. The predicted molar refractivity (Wildman–Crippen MR) is 126 cm³/mol. The van der Waals surface area contributed by atoms with Crippen LogP contribution in [0.25, 0.3) is 32.1 Å². The third kappa shape index (κ3) is 3.14. The van der Waals surface area contributed by atoms with Gasteiger partial charge in [0, 0.05) is 27.2 Å². The highest BCUT2D eigenvalue weighted by Crippen LogP contribution is 2.48. The molecule has 150 valence electrons. The molecule has 0 spiro atoms. The fourth-order valence-electron chi connectivity index (χ4n) is 4.15. The number of halogens is 2. The monoisotopic (exact) mass is 490 g/mol. The second-order valence-corrected chi connectivity index (χ2v) is 9.25. The van der Waals surface area contributed by atoms with Crippen molar-refractivity contribution in [3.05, 3.63) is 67.7 Å². The predicted octanol–water partition coefficient (Wildman–Crippen LogP) is 5.08. The molecule has 0 atom stereocenters. The molecule has 7 heteroatoms. The summed E-state index contributed by atoms with van der Waals surface area (Å²) in [5.41, 5.74) is 10.9. The fraction of sp³-hybridized carbons (Fsp3) is 0.227. The Kier molecular flexibility index (Phi) is 5.34. The fourth-order valence-corrected chi connectivity index (χ4v) is 5.52. The van der Waals surface area contributed by atoms with Gasteiger partial charge in [-0.25, -0.2) is 0 Å². The van der Waals surface area contributed by atoms with Crippen LogP contribution in [0.3, 0.4) is 0 Å². The lowest BCUT2D eigenvalue weighted by molar-refractivity contribution is 0.282. The van der Waals surface area contributed by atoms with Crippen LogP contribution in [0.15, 0.2) is 51.0 Å². The van der Waals surface area contributed by atoms with Crippen molar-refractivity contribution < 1.29 is 5.11 Å². The van der Waals surface area contributed by atoms with Gasteiger partial charge in [0.25, 0.3) is 5.56 Å². The van der Waals surface area contributed by atoms with Crippen LogP contribution in [0.4, 0.5) is 0 Å². The first-order valence-corrected chi connectivity index (χ1v) is 10.9. The average Bonchev–Trinajstić information content (AvgIpc) is 3.36. The Bertz CT molecular complexity index is 1280. The Hall–Kier alpha value is -1.70. The van der Waals surface area contributed by atoms with E-state index in [1.54, 1.807) is 0 Å². The van der Waals surface area contributed by atoms with E-state index in [2.05, 4.69) is 45.2 Å². The lowest BCUT2D eigenvalue weighted by Crippen LogP contribution is -2.19. The van der Waals surface area contributed by atoms with E-state index in [-0.39, 0.29) is 30.0 Å². The van der Waals surface area contributed by atoms with E-state index in [0.717, 1.165) is 50.3 Å². The van der Waals surface area contributed by atoms with E-state index in [1.165, 1.54) is 16.9 Å². The minimum atomic E-state index is -0.0881. The normalized spacial score (nSPS) is 14.9. The molecule has 2 aromatic carbocycles. The van der Waals surface area contributed by atoms with E-state index in [0.29, 0.717) is 11.2 Å². The van der Waals surface area contributed by atoms with Crippen molar-refractivity contribution in [2.24, 2.45) is 5.73 Å². The van der Waals surface area contributed by atoms with Gasteiger partial charge < -0.3 is 15.8 Å². The third-order valence-corrected chi connectivity index (χ3v) is 7.48. The maximum absolute atomic E-state index is 12.5. The van der Waals surface area contributed by atoms with Crippen LogP contribution in [0.1, 0.15) is 24.0 Å². The second-order valence-electron chi connectivity index (χ2n) is 7.48. The zero-order valence-electron chi connectivity index (χ0n) is 15.5. The Labute approximate surface area is 186 Å². The first-order valence-electron chi connectivity index (χ1n) is 9.24. The van der Waals surface area contributed by atoms with E-state index in [1.807, 2.05) is 17.5 Å². The lowest BCUT2D eigenvalue weighted by atomic mass is 9.90. The van der Waals surface area contributed by atoms with Crippen LogP contribution in [0.2, 0.25) is 0 Å². The number of aliphatic hydroxyl groups is 1. The van der Waals surface area contributed by atoms with E-state index >= 15 is 0 Å². The highest BCUT2D eigenvalue weighted by Gasteiger charge is 2.42.